The van der Waals surface area contributed by atoms with Crippen LogP contribution in [0.3, 0.4) is 0 Å². The summed E-state index contributed by atoms with van der Waals surface area (Å²) in [6.45, 7) is 4.74. The van der Waals surface area contributed by atoms with Crippen LogP contribution in [0.5, 0.6) is 0 Å². The third-order valence-electron chi connectivity index (χ3n) is 12.6. The van der Waals surface area contributed by atoms with Crippen molar-refractivity contribution in [1.82, 2.24) is 0 Å². The van der Waals surface area contributed by atoms with Gasteiger partial charge in [-0.25, -0.2) is 0 Å². The van der Waals surface area contributed by atoms with Crippen LogP contribution in [0.4, 0.5) is 34.1 Å². The minimum absolute atomic E-state index is 0.107. The molecule has 0 heterocycles. The van der Waals surface area contributed by atoms with E-state index in [-0.39, 0.29) is 5.41 Å². The molecular weight excluding hydrogens is 737 g/mol. The largest absolute Gasteiger partial charge is 0.310 e. The zero-order chi connectivity index (χ0) is 40.9. The lowest BCUT2D eigenvalue weighted by Crippen LogP contribution is -2.15. The first kappa shape index (κ1) is 36.4. The molecule has 0 spiro atoms. The topological polar surface area (TPSA) is 6.48 Å². The molecule has 0 aliphatic heterocycles. The zero-order valence-corrected chi connectivity index (χ0v) is 34.3. The summed E-state index contributed by atoms with van der Waals surface area (Å²) in [5.74, 6) is 0. The molecule has 0 atom stereocenters. The van der Waals surface area contributed by atoms with E-state index in [9.17, 15) is 0 Å². The van der Waals surface area contributed by atoms with Crippen LogP contribution in [0.2, 0.25) is 0 Å². The summed E-state index contributed by atoms with van der Waals surface area (Å²) in [7, 11) is 0. The Labute approximate surface area is 358 Å². The first-order chi connectivity index (χ1) is 30.0. The van der Waals surface area contributed by atoms with Gasteiger partial charge in [0.1, 0.15) is 0 Å². The molecule has 2 nitrogen and oxygen atoms in total. The quantitative estimate of drug-likeness (QED) is 0.142. The second kappa shape index (κ2) is 14.9. The number of anilines is 6. The summed E-state index contributed by atoms with van der Waals surface area (Å²) >= 11 is 0. The molecule has 2 heteroatoms. The maximum atomic E-state index is 2.48. The normalized spacial score (nSPS) is 12.6. The van der Waals surface area contributed by atoms with Crippen LogP contribution in [0, 0.1) is 0 Å². The Balaban J connectivity index is 1.14. The van der Waals surface area contributed by atoms with Crippen molar-refractivity contribution in [2.24, 2.45) is 0 Å². The standard InChI is InChI=1S/C59H44N2/c1-59(2)56-34-15-14-33-52(56)54-39-55-53(40-57(54)59)51-32-13-12-23-45(51)37-58(55)61(46-26-10-5-11-27-46)50-31-18-30-49(38-50)60(47-28-16-24-43(35-47)41-19-6-3-7-20-41)48-29-17-25-44(36-48)42-21-8-4-9-22-42/h3-40H,1-2H3. The van der Waals surface area contributed by atoms with Crippen molar-refractivity contribution in [1.29, 1.82) is 0 Å². The molecule has 0 amide bonds. The van der Waals surface area contributed by atoms with Gasteiger partial charge in [-0.15, -0.1) is 0 Å². The molecule has 10 aromatic carbocycles. The minimum Gasteiger partial charge on any atom is -0.310 e. The first-order valence-electron chi connectivity index (χ1n) is 21.2. The van der Waals surface area contributed by atoms with Crippen molar-refractivity contribution >= 4 is 55.7 Å². The van der Waals surface area contributed by atoms with Crippen molar-refractivity contribution in [3.05, 3.63) is 242 Å². The molecule has 0 N–H and O–H groups in total. The van der Waals surface area contributed by atoms with Crippen LogP contribution in [-0.4, -0.2) is 0 Å². The maximum Gasteiger partial charge on any atom is 0.0546 e. The number of rotatable bonds is 8. The van der Waals surface area contributed by atoms with Gasteiger partial charge in [0, 0.05) is 39.2 Å². The molecule has 0 fully saturated rings. The van der Waals surface area contributed by atoms with Crippen molar-refractivity contribution in [2.75, 3.05) is 9.80 Å². The Kier molecular flexibility index (Phi) is 8.86. The number of hydrogen-bond donors (Lipinski definition) is 0. The number of hydrogen-bond acceptors (Lipinski definition) is 2. The number of nitrogens with zero attached hydrogens (tertiary/aromatic N) is 2. The van der Waals surface area contributed by atoms with E-state index < -0.39 is 0 Å². The lowest BCUT2D eigenvalue weighted by atomic mass is 9.81. The van der Waals surface area contributed by atoms with Crippen LogP contribution < -0.4 is 9.80 Å². The molecule has 10 aromatic rings. The minimum atomic E-state index is -0.107. The number of benzene rings is 10. The molecule has 0 aromatic heterocycles. The van der Waals surface area contributed by atoms with Crippen molar-refractivity contribution < 1.29 is 0 Å². The van der Waals surface area contributed by atoms with Gasteiger partial charge in [-0.2, -0.15) is 0 Å². The molecule has 1 aliphatic rings. The van der Waals surface area contributed by atoms with Gasteiger partial charge in [-0.1, -0.05) is 172 Å². The second-order valence-corrected chi connectivity index (χ2v) is 16.6. The highest BCUT2D eigenvalue weighted by Crippen LogP contribution is 2.53. The zero-order valence-electron chi connectivity index (χ0n) is 34.3. The molecule has 0 saturated heterocycles. The van der Waals surface area contributed by atoms with E-state index in [0.717, 1.165) is 34.1 Å². The van der Waals surface area contributed by atoms with E-state index in [0.29, 0.717) is 0 Å². The highest BCUT2D eigenvalue weighted by molar-refractivity contribution is 6.16. The Bertz CT molecular complexity index is 3140. The fourth-order valence-corrected chi connectivity index (χ4v) is 9.59. The van der Waals surface area contributed by atoms with Gasteiger partial charge in [0.25, 0.3) is 0 Å². The van der Waals surface area contributed by atoms with E-state index in [1.54, 1.807) is 0 Å². The van der Waals surface area contributed by atoms with E-state index in [4.69, 9.17) is 0 Å². The third-order valence-corrected chi connectivity index (χ3v) is 12.6. The van der Waals surface area contributed by atoms with Crippen molar-refractivity contribution in [3.63, 3.8) is 0 Å². The fourth-order valence-electron chi connectivity index (χ4n) is 9.59. The molecule has 0 radical (unpaired) electrons. The van der Waals surface area contributed by atoms with Gasteiger partial charge in [-0.05, 0) is 133 Å². The molecule has 61 heavy (non-hydrogen) atoms. The lowest BCUT2D eigenvalue weighted by Gasteiger charge is -2.31. The van der Waals surface area contributed by atoms with E-state index >= 15 is 0 Å². The average molecular weight is 781 g/mol. The Morgan fingerprint density at radius 1 is 0.295 bits per heavy atom. The van der Waals surface area contributed by atoms with Gasteiger partial charge in [0.2, 0.25) is 0 Å². The molecule has 0 bridgehead atoms. The summed E-state index contributed by atoms with van der Waals surface area (Å²) in [4.78, 5) is 4.85. The summed E-state index contributed by atoms with van der Waals surface area (Å²) in [6.07, 6.45) is 0. The molecule has 1 aliphatic carbocycles. The summed E-state index contributed by atoms with van der Waals surface area (Å²) < 4.78 is 0. The summed E-state index contributed by atoms with van der Waals surface area (Å²) in [6, 6.07) is 84.1. The summed E-state index contributed by atoms with van der Waals surface area (Å²) in [5.41, 5.74) is 16.6. The van der Waals surface area contributed by atoms with E-state index in [2.05, 4.69) is 254 Å². The Hall–Kier alpha value is -7.68. The monoisotopic (exact) mass is 780 g/mol. The summed E-state index contributed by atoms with van der Waals surface area (Å²) in [5, 5.41) is 4.97. The van der Waals surface area contributed by atoms with Crippen molar-refractivity contribution in [2.45, 2.75) is 19.3 Å². The molecule has 0 saturated carbocycles. The van der Waals surface area contributed by atoms with Crippen LogP contribution in [0.25, 0.3) is 54.9 Å². The van der Waals surface area contributed by atoms with E-state index in [1.165, 1.54) is 66.1 Å². The smallest absolute Gasteiger partial charge is 0.0546 e. The molecule has 11 rings (SSSR count). The SMILES string of the molecule is CC1(C)c2ccccc2-c2cc3c(N(c4ccccc4)c4cccc(N(c5cccc(-c6ccccc6)c5)c5cccc(-c6ccccc6)c5)c4)cc4ccccc4c3cc21. The predicted molar refractivity (Wildman–Crippen MR) is 259 cm³/mol. The van der Waals surface area contributed by atoms with Crippen LogP contribution >= 0.6 is 0 Å². The number of fused-ring (bicyclic) bond motifs is 6. The fraction of sp³-hybridized carbons (Fsp3) is 0.0508. The van der Waals surface area contributed by atoms with Crippen LogP contribution in [0.15, 0.2) is 231 Å². The lowest BCUT2D eigenvalue weighted by molar-refractivity contribution is 0.661. The van der Waals surface area contributed by atoms with Gasteiger partial charge < -0.3 is 9.80 Å². The highest BCUT2D eigenvalue weighted by Gasteiger charge is 2.36. The van der Waals surface area contributed by atoms with Gasteiger partial charge in [-0.3, -0.25) is 0 Å². The number of para-hydroxylation sites is 1. The molecular formula is C59H44N2. The third kappa shape index (κ3) is 6.36. The molecule has 290 valence electrons. The highest BCUT2D eigenvalue weighted by atomic mass is 15.2. The maximum absolute atomic E-state index is 2.48. The first-order valence-corrected chi connectivity index (χ1v) is 21.2. The van der Waals surface area contributed by atoms with Gasteiger partial charge in [0.15, 0.2) is 0 Å². The predicted octanol–water partition coefficient (Wildman–Crippen LogP) is 16.6. The van der Waals surface area contributed by atoms with Gasteiger partial charge >= 0.3 is 0 Å². The van der Waals surface area contributed by atoms with Crippen LogP contribution in [-0.2, 0) is 5.41 Å². The van der Waals surface area contributed by atoms with Crippen LogP contribution in [0.1, 0.15) is 25.0 Å². The van der Waals surface area contributed by atoms with Gasteiger partial charge in [0.05, 0.1) is 5.69 Å². The Morgan fingerprint density at radius 2 is 0.787 bits per heavy atom. The van der Waals surface area contributed by atoms with E-state index in [1.807, 2.05) is 0 Å². The molecule has 0 unspecified atom stereocenters. The Morgan fingerprint density at radius 3 is 1.44 bits per heavy atom. The van der Waals surface area contributed by atoms with Crippen molar-refractivity contribution in [3.8, 4) is 33.4 Å². The average Bonchev–Trinajstić information content (AvgIpc) is 3.55. The second-order valence-electron chi connectivity index (χ2n) is 16.6.